The Labute approximate surface area is 190 Å². The smallest absolute Gasteiger partial charge is 0.251 e. The quantitative estimate of drug-likeness (QED) is 0.429. The molecule has 0 spiro atoms. The lowest BCUT2D eigenvalue weighted by atomic mass is 10.1. The fraction of sp³-hybridized carbons (Fsp3) is 0.227. The lowest BCUT2D eigenvalue weighted by molar-refractivity contribution is -0.115. The van der Waals surface area contributed by atoms with Crippen LogP contribution in [0.1, 0.15) is 22.8 Å². The molecule has 166 valence electrons. The zero-order valence-electron chi connectivity index (χ0n) is 17.8. The molecule has 0 unspecified atom stereocenters. The van der Waals surface area contributed by atoms with Crippen molar-refractivity contribution in [1.82, 2.24) is 20.1 Å². The summed E-state index contributed by atoms with van der Waals surface area (Å²) >= 11 is 1.28. The van der Waals surface area contributed by atoms with Gasteiger partial charge < -0.3 is 20.5 Å². The Kier molecular flexibility index (Phi) is 7.98. The number of amides is 3. The van der Waals surface area contributed by atoms with Crippen LogP contribution in [-0.4, -0.2) is 44.8 Å². The van der Waals surface area contributed by atoms with Gasteiger partial charge >= 0.3 is 0 Å². The minimum atomic E-state index is -0.375. The van der Waals surface area contributed by atoms with E-state index in [0.717, 1.165) is 17.7 Å². The Morgan fingerprint density at radius 1 is 1.00 bits per heavy atom. The number of aromatic nitrogens is 3. The van der Waals surface area contributed by atoms with Gasteiger partial charge in [-0.05, 0) is 42.3 Å². The largest absolute Gasteiger partial charge is 0.343 e. The molecule has 3 N–H and O–H groups in total. The van der Waals surface area contributed by atoms with Gasteiger partial charge in [0.15, 0.2) is 5.16 Å². The summed E-state index contributed by atoms with van der Waals surface area (Å²) in [6.45, 7) is 1.87. The molecule has 0 atom stereocenters. The maximum Gasteiger partial charge on any atom is 0.251 e. The molecular formula is C22H24N6O3S. The highest BCUT2D eigenvalue weighted by molar-refractivity contribution is 7.99. The van der Waals surface area contributed by atoms with Crippen LogP contribution in [0.15, 0.2) is 60.0 Å². The van der Waals surface area contributed by atoms with Gasteiger partial charge in [-0.2, -0.15) is 0 Å². The molecular weight excluding hydrogens is 428 g/mol. The highest BCUT2D eigenvalue weighted by Gasteiger charge is 2.11. The van der Waals surface area contributed by atoms with E-state index >= 15 is 0 Å². The molecule has 10 heteroatoms. The fourth-order valence-corrected chi connectivity index (χ4v) is 3.53. The van der Waals surface area contributed by atoms with Crippen molar-refractivity contribution in [2.75, 3.05) is 22.9 Å². The van der Waals surface area contributed by atoms with Crippen LogP contribution in [-0.2, 0) is 23.1 Å². The van der Waals surface area contributed by atoms with Crippen molar-refractivity contribution >= 4 is 40.9 Å². The van der Waals surface area contributed by atoms with Gasteiger partial charge in [-0.25, -0.2) is 0 Å². The minimum Gasteiger partial charge on any atom is -0.343 e. The van der Waals surface area contributed by atoms with Crippen molar-refractivity contribution < 1.29 is 14.4 Å². The third-order valence-electron chi connectivity index (χ3n) is 4.51. The predicted molar refractivity (Wildman–Crippen MR) is 124 cm³/mol. The molecule has 0 radical (unpaired) electrons. The van der Waals surface area contributed by atoms with Crippen LogP contribution in [0.25, 0.3) is 0 Å². The van der Waals surface area contributed by atoms with Gasteiger partial charge in [-0.15, -0.1) is 10.2 Å². The third kappa shape index (κ3) is 6.42. The molecule has 0 aliphatic heterocycles. The first-order valence-electron chi connectivity index (χ1n) is 9.99. The van der Waals surface area contributed by atoms with Crippen molar-refractivity contribution in [3.05, 3.63) is 66.0 Å². The number of hydrogen-bond acceptors (Lipinski definition) is 6. The van der Waals surface area contributed by atoms with E-state index in [1.807, 2.05) is 31.2 Å². The number of thioether (sulfide) groups is 1. The lowest BCUT2D eigenvalue weighted by Crippen LogP contribution is -2.33. The molecule has 2 aromatic carbocycles. The molecule has 1 heterocycles. The van der Waals surface area contributed by atoms with Crippen molar-refractivity contribution in [1.29, 1.82) is 0 Å². The molecule has 0 saturated carbocycles. The Balaban J connectivity index is 1.45. The monoisotopic (exact) mass is 452 g/mol. The first kappa shape index (κ1) is 23.0. The number of para-hydroxylation sites is 1. The van der Waals surface area contributed by atoms with Gasteiger partial charge in [0, 0.05) is 24.0 Å². The molecule has 0 fully saturated rings. The summed E-state index contributed by atoms with van der Waals surface area (Å²) in [5.74, 6) is -0.687. The molecule has 3 aromatic rings. The first-order valence-corrected chi connectivity index (χ1v) is 11.0. The molecule has 1 aromatic heterocycles. The second kappa shape index (κ2) is 11.1. The number of aryl methyl sites for hydroxylation is 2. The normalized spacial score (nSPS) is 10.4. The average molecular weight is 453 g/mol. The number of hydrogen-bond donors (Lipinski definition) is 3. The summed E-state index contributed by atoms with van der Waals surface area (Å²) in [5.41, 5.74) is 2.73. The number of carbonyl (C=O) groups excluding carboxylic acids is 3. The number of benzene rings is 2. The zero-order chi connectivity index (χ0) is 22.9. The number of nitrogens with one attached hydrogen (secondary N) is 3. The van der Waals surface area contributed by atoms with Crippen LogP contribution >= 0.6 is 11.8 Å². The molecule has 3 rings (SSSR count). The lowest BCUT2D eigenvalue weighted by Gasteiger charge is -2.10. The van der Waals surface area contributed by atoms with Crippen LogP contribution < -0.4 is 16.0 Å². The van der Waals surface area contributed by atoms with E-state index in [4.69, 9.17) is 0 Å². The summed E-state index contributed by atoms with van der Waals surface area (Å²) in [6.07, 6.45) is 2.36. The highest BCUT2D eigenvalue weighted by atomic mass is 32.2. The second-order valence-electron chi connectivity index (χ2n) is 6.88. The fourth-order valence-electron chi connectivity index (χ4n) is 2.84. The van der Waals surface area contributed by atoms with Crippen molar-refractivity contribution in [3.8, 4) is 0 Å². The Morgan fingerprint density at radius 2 is 1.75 bits per heavy atom. The standard InChI is InChI=1S/C22H24N6O3S/c1-3-15-6-4-5-7-18(15)26-19(29)12-23-21(31)16-8-10-17(11-9-16)25-20(30)13-32-22-27-24-14-28(22)2/h4-11,14H,3,12-13H2,1-2H3,(H,23,31)(H,25,30)(H,26,29). The van der Waals surface area contributed by atoms with Crippen LogP contribution in [0.3, 0.4) is 0 Å². The second-order valence-corrected chi connectivity index (χ2v) is 7.82. The van der Waals surface area contributed by atoms with Gasteiger partial charge in [0.1, 0.15) is 6.33 Å². The molecule has 3 amide bonds. The van der Waals surface area contributed by atoms with E-state index in [1.54, 1.807) is 42.2 Å². The molecule has 0 aliphatic carbocycles. The third-order valence-corrected chi connectivity index (χ3v) is 5.55. The molecule has 32 heavy (non-hydrogen) atoms. The SMILES string of the molecule is CCc1ccccc1NC(=O)CNC(=O)c1ccc(NC(=O)CSc2nncn2C)cc1. The molecule has 0 bridgehead atoms. The van der Waals surface area contributed by atoms with E-state index in [0.29, 0.717) is 16.4 Å². The summed E-state index contributed by atoms with van der Waals surface area (Å²) in [5, 5.41) is 16.5. The number of carbonyl (C=O) groups is 3. The number of rotatable bonds is 9. The number of nitrogens with zero attached hydrogens (tertiary/aromatic N) is 3. The number of anilines is 2. The van der Waals surface area contributed by atoms with Crippen LogP contribution in [0, 0.1) is 0 Å². The van der Waals surface area contributed by atoms with E-state index in [9.17, 15) is 14.4 Å². The van der Waals surface area contributed by atoms with Gasteiger partial charge in [0.25, 0.3) is 5.91 Å². The van der Waals surface area contributed by atoms with Crippen LogP contribution in [0.5, 0.6) is 0 Å². The van der Waals surface area contributed by atoms with Gasteiger partial charge in [0.2, 0.25) is 11.8 Å². The van der Waals surface area contributed by atoms with Gasteiger partial charge in [-0.3, -0.25) is 14.4 Å². The van der Waals surface area contributed by atoms with E-state index < -0.39 is 0 Å². The molecule has 0 saturated heterocycles. The first-order chi connectivity index (χ1) is 15.5. The zero-order valence-corrected chi connectivity index (χ0v) is 18.6. The molecule has 0 aliphatic rings. The Bertz CT molecular complexity index is 1100. The summed E-state index contributed by atoms with van der Waals surface area (Å²) in [6, 6.07) is 14.0. The molecule has 9 nitrogen and oxygen atoms in total. The average Bonchev–Trinajstić information content (AvgIpc) is 3.21. The van der Waals surface area contributed by atoms with E-state index in [1.165, 1.54) is 11.8 Å². The van der Waals surface area contributed by atoms with Crippen LogP contribution in [0.4, 0.5) is 11.4 Å². The van der Waals surface area contributed by atoms with Crippen molar-refractivity contribution in [2.24, 2.45) is 7.05 Å². The Morgan fingerprint density at radius 3 is 2.44 bits per heavy atom. The van der Waals surface area contributed by atoms with E-state index in [-0.39, 0.29) is 30.0 Å². The van der Waals surface area contributed by atoms with E-state index in [2.05, 4.69) is 26.1 Å². The van der Waals surface area contributed by atoms with Crippen LogP contribution in [0.2, 0.25) is 0 Å². The summed E-state index contributed by atoms with van der Waals surface area (Å²) < 4.78 is 1.73. The maximum atomic E-state index is 12.3. The predicted octanol–water partition coefficient (Wildman–Crippen LogP) is 2.48. The Hall–Kier alpha value is -3.66. The highest BCUT2D eigenvalue weighted by Crippen LogP contribution is 2.16. The van der Waals surface area contributed by atoms with Crippen molar-refractivity contribution in [2.45, 2.75) is 18.5 Å². The topological polar surface area (TPSA) is 118 Å². The van der Waals surface area contributed by atoms with Gasteiger partial charge in [0.05, 0.1) is 12.3 Å². The minimum absolute atomic E-state index is 0.144. The summed E-state index contributed by atoms with van der Waals surface area (Å²) in [7, 11) is 1.80. The summed E-state index contributed by atoms with van der Waals surface area (Å²) in [4.78, 5) is 36.6. The van der Waals surface area contributed by atoms with Gasteiger partial charge in [-0.1, -0.05) is 36.9 Å². The van der Waals surface area contributed by atoms with Crippen molar-refractivity contribution in [3.63, 3.8) is 0 Å². The maximum absolute atomic E-state index is 12.3.